The van der Waals surface area contributed by atoms with Gasteiger partial charge in [-0.05, 0) is 25.7 Å². The maximum Gasteiger partial charge on any atom is 0.409 e. The Labute approximate surface area is 130 Å². The molecule has 0 aromatic rings. The predicted molar refractivity (Wildman–Crippen MR) is 82.8 cm³/mol. The van der Waals surface area contributed by atoms with Crippen molar-refractivity contribution in [1.29, 1.82) is 0 Å². The third-order valence-electron chi connectivity index (χ3n) is 4.37. The van der Waals surface area contributed by atoms with Crippen molar-refractivity contribution >= 4 is 29.2 Å². The maximum atomic E-state index is 12.7. The number of hydrogen-bond acceptors (Lipinski definition) is 4. The van der Waals surface area contributed by atoms with Gasteiger partial charge in [-0.15, -0.1) is 0 Å². The Morgan fingerprint density at radius 2 is 1.76 bits per heavy atom. The van der Waals surface area contributed by atoms with Crippen molar-refractivity contribution in [3.8, 4) is 0 Å². The Bertz CT molecular complexity index is 441. The molecular weight excluding hydrogens is 290 g/mol. The van der Waals surface area contributed by atoms with Gasteiger partial charge in [0.05, 0.1) is 17.0 Å². The summed E-state index contributed by atoms with van der Waals surface area (Å²) >= 11 is 5.12. The van der Waals surface area contributed by atoms with Crippen LogP contribution in [0.15, 0.2) is 0 Å². The topological polar surface area (TPSA) is 75.9 Å². The van der Waals surface area contributed by atoms with E-state index in [9.17, 15) is 9.59 Å². The Balaban J connectivity index is 1.94. The van der Waals surface area contributed by atoms with Crippen LogP contribution in [-0.2, 0) is 9.53 Å². The van der Waals surface area contributed by atoms with Gasteiger partial charge >= 0.3 is 6.09 Å². The van der Waals surface area contributed by atoms with Crippen LogP contribution in [-0.4, -0.2) is 59.6 Å². The molecule has 1 saturated heterocycles. The van der Waals surface area contributed by atoms with E-state index >= 15 is 0 Å². The monoisotopic (exact) mass is 313 g/mol. The summed E-state index contributed by atoms with van der Waals surface area (Å²) in [6.45, 7) is 6.25. The van der Waals surface area contributed by atoms with Gasteiger partial charge in [-0.3, -0.25) is 4.79 Å². The standard InChI is InChI=1S/C14H23N3O3S/c1-3-20-13(19)17-6-4-16(5-7-17)12(18)14(11(15)21)8-10(2)9-14/h10H,3-9H2,1-2H3,(H2,15,21). The normalized spacial score (nSPS) is 28.8. The second-order valence-corrected chi connectivity index (χ2v) is 6.38. The Morgan fingerprint density at radius 1 is 1.24 bits per heavy atom. The summed E-state index contributed by atoms with van der Waals surface area (Å²) in [5.41, 5.74) is 5.17. The summed E-state index contributed by atoms with van der Waals surface area (Å²) in [4.78, 5) is 28.1. The van der Waals surface area contributed by atoms with E-state index < -0.39 is 5.41 Å². The van der Waals surface area contributed by atoms with Gasteiger partial charge in [0, 0.05) is 26.2 Å². The molecule has 21 heavy (non-hydrogen) atoms. The molecule has 118 valence electrons. The lowest BCUT2D eigenvalue weighted by atomic mass is 9.61. The van der Waals surface area contributed by atoms with E-state index in [2.05, 4.69) is 6.92 Å². The van der Waals surface area contributed by atoms with E-state index in [1.54, 1.807) is 16.7 Å². The van der Waals surface area contributed by atoms with Crippen molar-refractivity contribution in [1.82, 2.24) is 9.80 Å². The molecule has 0 bridgehead atoms. The zero-order valence-corrected chi connectivity index (χ0v) is 13.4. The van der Waals surface area contributed by atoms with E-state index in [1.165, 1.54) is 0 Å². The summed E-state index contributed by atoms with van der Waals surface area (Å²) in [6, 6.07) is 0. The van der Waals surface area contributed by atoms with Gasteiger partial charge in [-0.1, -0.05) is 19.1 Å². The number of thiocarbonyl (C=S) groups is 1. The highest BCUT2D eigenvalue weighted by Crippen LogP contribution is 2.47. The number of hydrogen-bond donors (Lipinski definition) is 1. The van der Waals surface area contributed by atoms with E-state index in [-0.39, 0.29) is 12.0 Å². The molecule has 1 heterocycles. The minimum absolute atomic E-state index is 0.0246. The average molecular weight is 313 g/mol. The van der Waals surface area contributed by atoms with E-state index in [0.29, 0.717) is 43.7 Å². The summed E-state index contributed by atoms with van der Waals surface area (Å²) in [7, 11) is 0. The van der Waals surface area contributed by atoms with Gasteiger partial charge < -0.3 is 20.3 Å². The fourth-order valence-electron chi connectivity index (χ4n) is 3.22. The molecule has 0 spiro atoms. The number of nitrogens with two attached hydrogens (primary N) is 1. The predicted octanol–water partition coefficient (Wildman–Crippen LogP) is 0.989. The molecule has 1 aliphatic carbocycles. The average Bonchev–Trinajstić information content (AvgIpc) is 2.43. The first-order chi connectivity index (χ1) is 9.90. The fraction of sp³-hybridized carbons (Fsp3) is 0.786. The van der Waals surface area contributed by atoms with Crippen molar-refractivity contribution in [2.75, 3.05) is 32.8 Å². The first-order valence-electron chi connectivity index (χ1n) is 7.41. The highest BCUT2D eigenvalue weighted by atomic mass is 32.1. The number of carbonyl (C=O) groups is 2. The van der Waals surface area contributed by atoms with Gasteiger partial charge in [0.25, 0.3) is 0 Å². The maximum absolute atomic E-state index is 12.7. The Morgan fingerprint density at radius 3 is 2.19 bits per heavy atom. The molecule has 0 aromatic heterocycles. The van der Waals surface area contributed by atoms with Crippen molar-refractivity contribution in [3.05, 3.63) is 0 Å². The molecule has 2 N–H and O–H groups in total. The number of piperazine rings is 1. The van der Waals surface area contributed by atoms with Gasteiger partial charge in [-0.2, -0.15) is 0 Å². The molecule has 0 atom stereocenters. The lowest BCUT2D eigenvalue weighted by Crippen LogP contribution is -2.60. The third-order valence-corrected chi connectivity index (χ3v) is 4.76. The van der Waals surface area contributed by atoms with Crippen LogP contribution in [0.4, 0.5) is 4.79 Å². The van der Waals surface area contributed by atoms with Crippen LogP contribution in [0.2, 0.25) is 0 Å². The van der Waals surface area contributed by atoms with Crippen molar-refractivity contribution in [3.63, 3.8) is 0 Å². The third kappa shape index (κ3) is 2.97. The number of ether oxygens (including phenoxy) is 1. The zero-order chi connectivity index (χ0) is 15.6. The van der Waals surface area contributed by atoms with Crippen LogP contribution in [0.25, 0.3) is 0 Å². The van der Waals surface area contributed by atoms with Gasteiger partial charge in [0.1, 0.15) is 0 Å². The fourth-order valence-corrected chi connectivity index (χ4v) is 3.47. The first kappa shape index (κ1) is 16.0. The molecule has 2 rings (SSSR count). The lowest BCUT2D eigenvalue weighted by molar-refractivity contribution is -0.145. The second-order valence-electron chi connectivity index (χ2n) is 5.94. The van der Waals surface area contributed by atoms with Crippen LogP contribution in [0, 0.1) is 11.3 Å². The highest BCUT2D eigenvalue weighted by Gasteiger charge is 2.52. The van der Waals surface area contributed by atoms with Crippen LogP contribution < -0.4 is 5.73 Å². The van der Waals surface area contributed by atoms with Gasteiger partial charge in [0.15, 0.2) is 0 Å². The van der Waals surface area contributed by atoms with Crippen molar-refractivity contribution in [2.24, 2.45) is 17.1 Å². The van der Waals surface area contributed by atoms with Crippen molar-refractivity contribution < 1.29 is 14.3 Å². The summed E-state index contributed by atoms with van der Waals surface area (Å²) in [5.74, 6) is 0.507. The molecular formula is C14H23N3O3S. The summed E-state index contributed by atoms with van der Waals surface area (Å²) in [6.07, 6.45) is 1.16. The molecule has 0 radical (unpaired) electrons. The van der Waals surface area contributed by atoms with Crippen LogP contribution in [0.1, 0.15) is 26.7 Å². The minimum atomic E-state index is -0.652. The lowest BCUT2D eigenvalue weighted by Gasteiger charge is -2.48. The summed E-state index contributed by atoms with van der Waals surface area (Å²) in [5, 5.41) is 0. The molecule has 2 amide bonds. The molecule has 1 saturated carbocycles. The van der Waals surface area contributed by atoms with Gasteiger partial charge in [-0.25, -0.2) is 4.79 Å². The van der Waals surface area contributed by atoms with Crippen LogP contribution in [0.3, 0.4) is 0 Å². The molecule has 6 nitrogen and oxygen atoms in total. The van der Waals surface area contributed by atoms with E-state index in [4.69, 9.17) is 22.7 Å². The largest absolute Gasteiger partial charge is 0.450 e. The summed E-state index contributed by atoms with van der Waals surface area (Å²) < 4.78 is 4.97. The molecule has 2 aliphatic rings. The molecule has 7 heteroatoms. The van der Waals surface area contributed by atoms with E-state index in [0.717, 1.165) is 12.8 Å². The zero-order valence-electron chi connectivity index (χ0n) is 12.6. The Hall–Kier alpha value is -1.37. The number of amides is 2. The first-order valence-corrected chi connectivity index (χ1v) is 7.82. The second kappa shape index (κ2) is 6.17. The van der Waals surface area contributed by atoms with Crippen molar-refractivity contribution in [2.45, 2.75) is 26.7 Å². The number of nitrogens with zero attached hydrogens (tertiary/aromatic N) is 2. The molecule has 0 unspecified atom stereocenters. The van der Waals surface area contributed by atoms with Crippen LogP contribution >= 0.6 is 12.2 Å². The highest BCUT2D eigenvalue weighted by molar-refractivity contribution is 7.80. The number of carbonyl (C=O) groups excluding carboxylic acids is 2. The molecule has 2 fully saturated rings. The quantitative estimate of drug-likeness (QED) is 0.786. The number of rotatable bonds is 3. The smallest absolute Gasteiger partial charge is 0.409 e. The van der Waals surface area contributed by atoms with E-state index in [1.807, 2.05) is 0 Å². The Kier molecular flexibility index (Phi) is 4.70. The van der Waals surface area contributed by atoms with Crippen LogP contribution in [0.5, 0.6) is 0 Å². The molecule has 1 aliphatic heterocycles. The molecule has 0 aromatic carbocycles. The minimum Gasteiger partial charge on any atom is -0.450 e. The SMILES string of the molecule is CCOC(=O)N1CCN(C(=O)C2(C(N)=S)CC(C)C2)CC1. The van der Waals surface area contributed by atoms with Gasteiger partial charge in [0.2, 0.25) is 5.91 Å².